The van der Waals surface area contributed by atoms with Crippen molar-refractivity contribution < 1.29 is 14.7 Å². The highest BCUT2D eigenvalue weighted by Gasteiger charge is 2.27. The van der Waals surface area contributed by atoms with Gasteiger partial charge >= 0.3 is 5.97 Å². The summed E-state index contributed by atoms with van der Waals surface area (Å²) < 4.78 is 0. The molecule has 0 aliphatic heterocycles. The molecule has 1 aromatic carbocycles. The first-order valence-corrected chi connectivity index (χ1v) is 6.37. The van der Waals surface area contributed by atoms with Gasteiger partial charge in [-0.1, -0.05) is 18.2 Å². The van der Waals surface area contributed by atoms with Gasteiger partial charge in [0.05, 0.1) is 0 Å². The second-order valence-electron chi connectivity index (χ2n) is 4.42. The maximum atomic E-state index is 12.1. The number of carbonyl (C=O) groups excluding carboxylic acids is 1. The maximum Gasteiger partial charge on any atom is 0.328 e. The van der Waals surface area contributed by atoms with Crippen LogP contribution in [0.5, 0.6) is 0 Å². The number of carboxylic acid groups (broad SMARTS) is 1. The van der Waals surface area contributed by atoms with Gasteiger partial charge in [-0.25, -0.2) is 10.6 Å². The Labute approximate surface area is 122 Å². The van der Waals surface area contributed by atoms with E-state index in [1.807, 2.05) is 0 Å². The first kappa shape index (κ1) is 16.4. The number of nitrogens with zero attached hydrogens (tertiary/aromatic N) is 1. The zero-order valence-corrected chi connectivity index (χ0v) is 11.5. The zero-order valence-electron chi connectivity index (χ0n) is 11.5. The molecule has 114 valence electrons. The average Bonchev–Trinajstić information content (AvgIpc) is 2.46. The van der Waals surface area contributed by atoms with Crippen LogP contribution in [-0.4, -0.2) is 40.5 Å². The Morgan fingerprint density at radius 1 is 1.33 bits per heavy atom. The third kappa shape index (κ3) is 5.11. The Balaban J connectivity index is 2.65. The van der Waals surface area contributed by atoms with E-state index in [0.717, 1.165) is 5.01 Å². The number of aliphatic carboxylic acids is 1. The molecule has 0 fully saturated rings. The Hall–Kier alpha value is -2.61. The largest absolute Gasteiger partial charge is 0.480 e. The third-order valence-electron chi connectivity index (χ3n) is 2.85. The highest BCUT2D eigenvalue weighted by Crippen LogP contribution is 2.09. The summed E-state index contributed by atoms with van der Waals surface area (Å²) >= 11 is 0. The average molecular weight is 293 g/mol. The molecule has 0 heterocycles. The molecule has 0 bridgehead atoms. The van der Waals surface area contributed by atoms with Crippen molar-refractivity contribution in [3.05, 3.63) is 35.9 Å². The predicted molar refractivity (Wildman–Crippen MR) is 77.4 cm³/mol. The van der Waals surface area contributed by atoms with E-state index in [9.17, 15) is 14.7 Å². The quantitative estimate of drug-likeness (QED) is 0.117. The molecule has 0 aliphatic carbocycles. The van der Waals surface area contributed by atoms with Crippen molar-refractivity contribution in [3.8, 4) is 0 Å². The number of hydrogen-bond donors (Lipinski definition) is 5. The lowest BCUT2D eigenvalue weighted by molar-refractivity contribution is -0.142. The highest BCUT2D eigenvalue weighted by molar-refractivity contribution is 5.96. The van der Waals surface area contributed by atoms with Crippen LogP contribution >= 0.6 is 0 Å². The number of amides is 1. The first-order valence-electron chi connectivity index (χ1n) is 6.37. The molecular formula is C13H19N5O3. The normalized spacial score (nSPS) is 11.5. The number of nitrogens with one attached hydrogen (secondary N) is 2. The smallest absolute Gasteiger partial charge is 0.328 e. The van der Waals surface area contributed by atoms with Crippen LogP contribution in [0.15, 0.2) is 30.3 Å². The van der Waals surface area contributed by atoms with Crippen LogP contribution in [0.3, 0.4) is 0 Å². The summed E-state index contributed by atoms with van der Waals surface area (Å²) in [6.45, 7) is 0.340. The van der Waals surface area contributed by atoms with Crippen molar-refractivity contribution in [2.45, 2.75) is 18.9 Å². The molecule has 0 saturated heterocycles. The SMILES string of the molecule is N=C(N)NCCC[C@@H](C(=O)O)N(N)C(=O)c1ccccc1. The second kappa shape index (κ2) is 7.85. The third-order valence-corrected chi connectivity index (χ3v) is 2.85. The lowest BCUT2D eigenvalue weighted by Crippen LogP contribution is -2.50. The van der Waals surface area contributed by atoms with Crippen LogP contribution in [0, 0.1) is 5.41 Å². The molecule has 8 nitrogen and oxygen atoms in total. The maximum absolute atomic E-state index is 12.1. The molecule has 0 aromatic heterocycles. The van der Waals surface area contributed by atoms with Crippen LogP contribution in [0.4, 0.5) is 0 Å². The Morgan fingerprint density at radius 3 is 2.48 bits per heavy atom. The fourth-order valence-corrected chi connectivity index (χ4v) is 1.77. The molecule has 8 heteroatoms. The van der Waals surface area contributed by atoms with E-state index in [-0.39, 0.29) is 12.4 Å². The molecule has 1 amide bonds. The zero-order chi connectivity index (χ0) is 15.8. The lowest BCUT2D eigenvalue weighted by atomic mass is 10.1. The fourth-order valence-electron chi connectivity index (χ4n) is 1.77. The van der Waals surface area contributed by atoms with E-state index in [0.29, 0.717) is 18.5 Å². The number of hydrogen-bond acceptors (Lipinski definition) is 4. The Morgan fingerprint density at radius 2 is 1.95 bits per heavy atom. The lowest BCUT2D eigenvalue weighted by Gasteiger charge is -2.24. The predicted octanol–water partition coefficient (Wildman–Crippen LogP) is -0.281. The van der Waals surface area contributed by atoms with Gasteiger partial charge in [-0.2, -0.15) is 0 Å². The summed E-state index contributed by atoms with van der Waals surface area (Å²) in [5, 5.41) is 19.5. The van der Waals surface area contributed by atoms with Gasteiger partial charge in [0, 0.05) is 12.1 Å². The van der Waals surface area contributed by atoms with Crippen LogP contribution in [0.2, 0.25) is 0 Å². The molecule has 0 radical (unpaired) electrons. The fraction of sp³-hybridized carbons (Fsp3) is 0.308. The molecule has 21 heavy (non-hydrogen) atoms. The first-order chi connectivity index (χ1) is 9.93. The van der Waals surface area contributed by atoms with Crippen LogP contribution in [-0.2, 0) is 4.79 Å². The van der Waals surface area contributed by atoms with Crippen LogP contribution < -0.4 is 16.9 Å². The van der Waals surface area contributed by atoms with E-state index in [1.54, 1.807) is 30.3 Å². The molecule has 0 spiro atoms. The summed E-state index contributed by atoms with van der Waals surface area (Å²) in [6, 6.07) is 7.10. The van der Waals surface area contributed by atoms with Crippen molar-refractivity contribution >= 4 is 17.8 Å². The number of carboxylic acids is 1. The topological polar surface area (TPSA) is 146 Å². The minimum atomic E-state index is -1.18. The molecule has 1 aromatic rings. The molecule has 0 unspecified atom stereocenters. The standard InChI is InChI=1S/C13H19N5O3/c14-13(15)17-8-4-7-10(12(20)21)18(16)11(19)9-5-2-1-3-6-9/h1-3,5-6,10H,4,7-8,16H2,(H,20,21)(H4,14,15,17)/t10-/m0/s1. The van der Waals surface area contributed by atoms with Crippen molar-refractivity contribution in [2.75, 3.05) is 6.54 Å². The van der Waals surface area contributed by atoms with Gasteiger partial charge < -0.3 is 16.2 Å². The number of nitrogens with two attached hydrogens (primary N) is 2. The Kier molecular flexibility index (Phi) is 6.15. The summed E-state index contributed by atoms with van der Waals surface area (Å²) in [4.78, 5) is 23.3. The summed E-state index contributed by atoms with van der Waals surface area (Å²) in [5.74, 6) is 3.73. The van der Waals surface area contributed by atoms with Gasteiger partial charge in [-0.05, 0) is 25.0 Å². The number of rotatable bonds is 7. The summed E-state index contributed by atoms with van der Waals surface area (Å²) in [6.07, 6.45) is 0.566. The minimum absolute atomic E-state index is 0.157. The van der Waals surface area contributed by atoms with Crippen molar-refractivity contribution in [2.24, 2.45) is 11.6 Å². The Bertz CT molecular complexity index is 506. The van der Waals surface area contributed by atoms with E-state index < -0.39 is 17.9 Å². The van der Waals surface area contributed by atoms with Gasteiger partial charge in [0.2, 0.25) is 0 Å². The number of guanidine groups is 1. The van der Waals surface area contributed by atoms with Crippen molar-refractivity contribution in [1.29, 1.82) is 5.41 Å². The van der Waals surface area contributed by atoms with E-state index in [2.05, 4.69) is 5.32 Å². The van der Waals surface area contributed by atoms with Crippen molar-refractivity contribution in [3.63, 3.8) is 0 Å². The van der Waals surface area contributed by atoms with E-state index >= 15 is 0 Å². The van der Waals surface area contributed by atoms with Gasteiger partial charge in [0.25, 0.3) is 5.91 Å². The van der Waals surface area contributed by atoms with Gasteiger partial charge in [0.15, 0.2) is 5.96 Å². The molecule has 1 rings (SSSR count). The van der Waals surface area contributed by atoms with E-state index in [4.69, 9.17) is 17.0 Å². The second-order valence-corrected chi connectivity index (χ2v) is 4.42. The van der Waals surface area contributed by atoms with E-state index in [1.165, 1.54) is 0 Å². The van der Waals surface area contributed by atoms with Crippen molar-refractivity contribution in [1.82, 2.24) is 10.3 Å². The highest BCUT2D eigenvalue weighted by atomic mass is 16.4. The van der Waals surface area contributed by atoms with Crippen LogP contribution in [0.1, 0.15) is 23.2 Å². The number of hydrazine groups is 1. The number of carbonyl (C=O) groups is 2. The molecular weight excluding hydrogens is 274 g/mol. The van der Waals surface area contributed by atoms with Gasteiger partial charge in [-0.3, -0.25) is 15.2 Å². The molecule has 0 saturated carbocycles. The van der Waals surface area contributed by atoms with Gasteiger partial charge in [-0.15, -0.1) is 0 Å². The monoisotopic (exact) mass is 293 g/mol. The minimum Gasteiger partial charge on any atom is -0.480 e. The molecule has 7 N–H and O–H groups in total. The molecule has 1 atom stereocenters. The summed E-state index contributed by atoms with van der Waals surface area (Å²) in [5.41, 5.74) is 5.45. The molecule has 0 aliphatic rings. The summed E-state index contributed by atoms with van der Waals surface area (Å²) in [7, 11) is 0. The number of benzene rings is 1. The van der Waals surface area contributed by atoms with Gasteiger partial charge in [0.1, 0.15) is 6.04 Å². The van der Waals surface area contributed by atoms with Crippen LogP contribution in [0.25, 0.3) is 0 Å².